The van der Waals surface area contributed by atoms with E-state index >= 15 is 0 Å². The zero-order valence-electron chi connectivity index (χ0n) is 20.5. The molecule has 1 N–H and O–H groups in total. The second-order valence-electron chi connectivity index (χ2n) is 10.1. The van der Waals surface area contributed by atoms with Gasteiger partial charge in [0.15, 0.2) is 0 Å². The van der Waals surface area contributed by atoms with Crippen LogP contribution in [0.2, 0.25) is 0 Å². The van der Waals surface area contributed by atoms with Gasteiger partial charge in [-0.3, -0.25) is 0 Å². The van der Waals surface area contributed by atoms with E-state index in [1.165, 1.54) is 44.2 Å². The Bertz CT molecular complexity index is 937. The van der Waals surface area contributed by atoms with Crippen LogP contribution >= 0.6 is 0 Å². The number of hydrogen-bond acceptors (Lipinski definition) is 4. The molecule has 0 radical (unpaired) electrons. The summed E-state index contributed by atoms with van der Waals surface area (Å²) in [4.78, 5) is 0. The zero-order valence-corrected chi connectivity index (χ0v) is 20.5. The monoisotopic (exact) mass is 467 g/mol. The second kappa shape index (κ2) is 11.4. The third-order valence-electron chi connectivity index (χ3n) is 7.00. The lowest BCUT2D eigenvalue weighted by Gasteiger charge is -2.44. The van der Waals surface area contributed by atoms with Crippen LogP contribution in [0.1, 0.15) is 69.6 Å². The van der Waals surface area contributed by atoms with E-state index in [1.54, 1.807) is 18.2 Å². The molecular formula is C29H38FNO3. The van der Waals surface area contributed by atoms with Crippen molar-refractivity contribution in [3.8, 4) is 5.75 Å². The van der Waals surface area contributed by atoms with Crippen LogP contribution < -0.4 is 10.1 Å². The van der Waals surface area contributed by atoms with Gasteiger partial charge in [-0.05, 0) is 62.1 Å². The lowest BCUT2D eigenvalue weighted by molar-refractivity contribution is -0.158. The average molecular weight is 468 g/mol. The molecule has 0 saturated heterocycles. The van der Waals surface area contributed by atoms with Crippen LogP contribution in [0.15, 0.2) is 55.1 Å². The fraction of sp³-hybridized carbons (Fsp3) is 0.517. The molecule has 1 aliphatic carbocycles. The van der Waals surface area contributed by atoms with Gasteiger partial charge >= 0.3 is 0 Å². The molecule has 1 aliphatic heterocycles. The molecule has 1 fully saturated rings. The topological polar surface area (TPSA) is 39.7 Å². The van der Waals surface area contributed by atoms with Gasteiger partial charge in [-0.15, -0.1) is 6.58 Å². The van der Waals surface area contributed by atoms with Crippen LogP contribution in [0.3, 0.4) is 0 Å². The van der Waals surface area contributed by atoms with E-state index in [-0.39, 0.29) is 18.0 Å². The first-order valence-corrected chi connectivity index (χ1v) is 12.6. The fourth-order valence-electron chi connectivity index (χ4n) is 5.12. The minimum atomic E-state index is -0.533. The highest BCUT2D eigenvalue weighted by Crippen LogP contribution is 2.44. The quantitative estimate of drug-likeness (QED) is 0.375. The number of rotatable bonds is 10. The minimum absolute atomic E-state index is 0.226. The van der Waals surface area contributed by atoms with Crippen molar-refractivity contribution in [1.82, 2.24) is 0 Å². The van der Waals surface area contributed by atoms with Crippen LogP contribution in [-0.4, -0.2) is 24.9 Å². The van der Waals surface area contributed by atoms with Crippen LogP contribution in [0, 0.1) is 11.7 Å². The molecule has 4 nitrogen and oxygen atoms in total. The molecule has 2 atom stereocenters. The number of benzene rings is 2. The first-order valence-electron chi connectivity index (χ1n) is 12.6. The maximum absolute atomic E-state index is 13.2. The Morgan fingerprint density at radius 2 is 1.85 bits per heavy atom. The number of halogens is 1. The van der Waals surface area contributed by atoms with Crippen molar-refractivity contribution in [3.05, 3.63) is 72.1 Å². The highest BCUT2D eigenvalue weighted by Gasteiger charge is 2.45. The van der Waals surface area contributed by atoms with Crippen LogP contribution in [0.25, 0.3) is 0 Å². The molecule has 0 spiro atoms. The third-order valence-corrected chi connectivity index (χ3v) is 7.00. The first kappa shape index (κ1) is 24.7. The van der Waals surface area contributed by atoms with Gasteiger partial charge in [0.25, 0.3) is 0 Å². The van der Waals surface area contributed by atoms with Gasteiger partial charge < -0.3 is 19.5 Å². The number of anilines is 1. The van der Waals surface area contributed by atoms with Crippen molar-refractivity contribution in [2.75, 3.05) is 18.5 Å². The summed E-state index contributed by atoms with van der Waals surface area (Å²) in [5, 5.41) is 3.45. The number of fused-ring (bicyclic) bond motifs is 1. The number of nitrogens with one attached hydrogen (secondary N) is 1. The fourth-order valence-corrected chi connectivity index (χ4v) is 5.12. The van der Waals surface area contributed by atoms with Crippen molar-refractivity contribution in [2.24, 2.45) is 5.92 Å². The molecule has 1 heterocycles. The van der Waals surface area contributed by atoms with E-state index in [9.17, 15) is 4.39 Å². The van der Waals surface area contributed by atoms with Crippen molar-refractivity contribution in [3.63, 3.8) is 0 Å². The molecule has 2 aromatic carbocycles. The molecule has 0 bridgehead atoms. The molecule has 1 saturated carbocycles. The summed E-state index contributed by atoms with van der Waals surface area (Å²) in [6.45, 7) is 9.70. The molecule has 5 heteroatoms. The normalized spacial score (nSPS) is 22.0. The largest absolute Gasteiger partial charge is 0.485 e. The van der Waals surface area contributed by atoms with Gasteiger partial charge in [0, 0.05) is 24.4 Å². The molecule has 2 aromatic rings. The summed E-state index contributed by atoms with van der Waals surface area (Å²) in [6.07, 6.45) is 9.05. The predicted octanol–water partition coefficient (Wildman–Crippen LogP) is 7.21. The average Bonchev–Trinajstić information content (AvgIpc) is 2.83. The standard InChI is InChI=1S/C29H38FNO3/c1-4-17-33-28-27(32-18-16-21-8-6-5-7-9-21)25-19-24(14-15-26(25)34-29(28,2)3)31-20-22-10-12-23(30)13-11-22/h4,10-15,19,21,27-28,31H,1,5-9,16-18,20H2,2-3H3. The molecule has 2 unspecified atom stereocenters. The lowest BCUT2D eigenvalue weighted by atomic mass is 9.86. The van der Waals surface area contributed by atoms with Crippen LogP contribution in [0.5, 0.6) is 5.75 Å². The smallest absolute Gasteiger partial charge is 0.132 e. The Kier molecular flexibility index (Phi) is 8.28. The maximum atomic E-state index is 13.2. The molecule has 0 amide bonds. The second-order valence-corrected chi connectivity index (χ2v) is 10.1. The summed E-state index contributed by atoms with van der Waals surface area (Å²) in [5.41, 5.74) is 2.45. The van der Waals surface area contributed by atoms with Crippen LogP contribution in [-0.2, 0) is 16.0 Å². The van der Waals surface area contributed by atoms with Crippen molar-refractivity contribution >= 4 is 5.69 Å². The highest BCUT2D eigenvalue weighted by molar-refractivity contribution is 5.53. The Morgan fingerprint density at radius 1 is 1.09 bits per heavy atom. The van der Waals surface area contributed by atoms with Gasteiger partial charge in [-0.2, -0.15) is 0 Å². The molecular weight excluding hydrogens is 429 g/mol. The van der Waals surface area contributed by atoms with Gasteiger partial charge in [-0.1, -0.05) is 50.3 Å². The van der Waals surface area contributed by atoms with E-state index in [2.05, 4.69) is 31.8 Å². The van der Waals surface area contributed by atoms with Gasteiger partial charge in [0.1, 0.15) is 29.4 Å². The van der Waals surface area contributed by atoms with Crippen molar-refractivity contribution in [2.45, 2.75) is 76.7 Å². The summed E-state index contributed by atoms with van der Waals surface area (Å²) < 4.78 is 32.4. The Morgan fingerprint density at radius 3 is 2.59 bits per heavy atom. The van der Waals surface area contributed by atoms with Gasteiger partial charge in [0.05, 0.1) is 6.61 Å². The lowest BCUT2D eigenvalue weighted by Crippen LogP contribution is -2.51. The highest BCUT2D eigenvalue weighted by atomic mass is 19.1. The van der Waals surface area contributed by atoms with E-state index in [4.69, 9.17) is 14.2 Å². The third kappa shape index (κ3) is 6.19. The molecule has 184 valence electrons. The zero-order chi connectivity index (χ0) is 24.0. The van der Waals surface area contributed by atoms with Crippen LogP contribution in [0.4, 0.5) is 10.1 Å². The van der Waals surface area contributed by atoms with E-state index in [1.807, 2.05) is 12.1 Å². The van der Waals surface area contributed by atoms with E-state index in [0.29, 0.717) is 19.8 Å². The van der Waals surface area contributed by atoms with Gasteiger partial charge in [-0.25, -0.2) is 4.39 Å². The van der Waals surface area contributed by atoms with Crippen molar-refractivity contribution < 1.29 is 18.6 Å². The minimum Gasteiger partial charge on any atom is -0.485 e. The number of ether oxygens (including phenoxy) is 3. The van der Waals surface area contributed by atoms with E-state index < -0.39 is 5.60 Å². The number of hydrogen-bond donors (Lipinski definition) is 1. The maximum Gasteiger partial charge on any atom is 0.132 e. The first-order chi connectivity index (χ1) is 16.5. The Balaban J connectivity index is 1.52. The van der Waals surface area contributed by atoms with Crippen molar-refractivity contribution in [1.29, 1.82) is 0 Å². The summed E-state index contributed by atoms with van der Waals surface area (Å²) >= 11 is 0. The van der Waals surface area contributed by atoms with Gasteiger partial charge in [0.2, 0.25) is 0 Å². The summed E-state index contributed by atoms with van der Waals surface area (Å²) in [7, 11) is 0. The molecule has 34 heavy (non-hydrogen) atoms. The molecule has 4 rings (SSSR count). The Labute approximate surface area is 203 Å². The summed E-state index contributed by atoms with van der Waals surface area (Å²) in [6, 6.07) is 12.7. The predicted molar refractivity (Wildman–Crippen MR) is 135 cm³/mol. The molecule has 2 aliphatic rings. The van der Waals surface area contributed by atoms with E-state index in [0.717, 1.165) is 34.9 Å². The summed E-state index contributed by atoms with van der Waals surface area (Å²) in [5.74, 6) is 1.37. The SMILES string of the molecule is C=CCOC1C(OCCC2CCCCC2)c2cc(NCc3ccc(F)cc3)ccc2OC1(C)C. The molecule has 0 aromatic heterocycles. The Hall–Kier alpha value is -2.37.